The van der Waals surface area contributed by atoms with Crippen LogP contribution in [0.15, 0.2) is 42.9 Å². The fourth-order valence-electron chi connectivity index (χ4n) is 4.03. The van der Waals surface area contributed by atoms with Gasteiger partial charge in [-0.05, 0) is 63.9 Å². The standard InChI is InChI=1S/C23H30N6/c1-4-29-16-20(18(3)27-29)15-28-12-6-8-19(14-28)22-10-9-21(13-25-22)26-23-17(2)7-5-11-24-23/h5,7,9-11,13,16,19H,4,6,8,12,14-15H2,1-3H3,(H,24,26)/t19-/m0/s1. The van der Waals surface area contributed by atoms with Crippen LogP contribution >= 0.6 is 0 Å². The van der Waals surface area contributed by atoms with Crippen LogP contribution in [-0.4, -0.2) is 37.7 Å². The predicted molar refractivity (Wildman–Crippen MR) is 116 cm³/mol. The Morgan fingerprint density at radius 2 is 2.07 bits per heavy atom. The summed E-state index contributed by atoms with van der Waals surface area (Å²) in [5, 5.41) is 7.95. The highest BCUT2D eigenvalue weighted by Crippen LogP contribution is 2.28. The smallest absolute Gasteiger partial charge is 0.133 e. The van der Waals surface area contributed by atoms with Gasteiger partial charge < -0.3 is 5.32 Å². The van der Waals surface area contributed by atoms with E-state index in [0.717, 1.165) is 48.9 Å². The monoisotopic (exact) mass is 390 g/mol. The van der Waals surface area contributed by atoms with Gasteiger partial charge in [-0.3, -0.25) is 14.6 Å². The van der Waals surface area contributed by atoms with E-state index in [2.05, 4.69) is 65.5 Å². The molecule has 3 aromatic heterocycles. The topological polar surface area (TPSA) is 58.9 Å². The molecule has 152 valence electrons. The summed E-state index contributed by atoms with van der Waals surface area (Å²) in [7, 11) is 0. The second-order valence-corrected chi connectivity index (χ2v) is 7.94. The molecule has 0 bridgehead atoms. The van der Waals surface area contributed by atoms with Crippen LogP contribution in [0.2, 0.25) is 0 Å². The highest BCUT2D eigenvalue weighted by Gasteiger charge is 2.23. The van der Waals surface area contributed by atoms with Crippen LogP contribution in [0, 0.1) is 13.8 Å². The average molecular weight is 391 g/mol. The van der Waals surface area contributed by atoms with Gasteiger partial charge in [-0.15, -0.1) is 0 Å². The van der Waals surface area contributed by atoms with E-state index in [1.807, 2.05) is 16.9 Å². The molecule has 0 aromatic carbocycles. The van der Waals surface area contributed by atoms with Gasteiger partial charge in [0.2, 0.25) is 0 Å². The van der Waals surface area contributed by atoms with Crippen LogP contribution in [0.1, 0.15) is 48.2 Å². The number of piperidine rings is 1. The minimum atomic E-state index is 0.482. The second-order valence-electron chi connectivity index (χ2n) is 7.94. The Morgan fingerprint density at radius 1 is 1.17 bits per heavy atom. The third-order valence-corrected chi connectivity index (χ3v) is 5.75. The minimum Gasteiger partial charge on any atom is -0.339 e. The number of rotatable bonds is 6. The summed E-state index contributed by atoms with van der Waals surface area (Å²) < 4.78 is 2.03. The molecule has 0 radical (unpaired) electrons. The zero-order chi connectivity index (χ0) is 20.2. The number of likely N-dealkylation sites (tertiary alicyclic amines) is 1. The number of aromatic nitrogens is 4. The first-order chi connectivity index (χ1) is 14.1. The van der Waals surface area contributed by atoms with Crippen molar-refractivity contribution < 1.29 is 0 Å². The van der Waals surface area contributed by atoms with Gasteiger partial charge in [0.1, 0.15) is 5.82 Å². The summed E-state index contributed by atoms with van der Waals surface area (Å²) in [6.07, 6.45) is 8.33. The molecule has 0 saturated carbocycles. The molecule has 29 heavy (non-hydrogen) atoms. The Hall–Kier alpha value is -2.73. The van der Waals surface area contributed by atoms with E-state index in [9.17, 15) is 0 Å². The Kier molecular flexibility index (Phi) is 5.90. The molecule has 1 fully saturated rings. The van der Waals surface area contributed by atoms with Gasteiger partial charge >= 0.3 is 0 Å². The molecule has 6 nitrogen and oxygen atoms in total. The molecule has 4 rings (SSSR count). The van der Waals surface area contributed by atoms with E-state index in [0.29, 0.717) is 5.92 Å². The molecule has 0 aliphatic carbocycles. The SMILES string of the molecule is CCn1cc(CN2CCC[C@H](c3ccc(Nc4ncccc4C)cn3)C2)c(C)n1. The molecule has 3 aromatic rings. The highest BCUT2D eigenvalue weighted by molar-refractivity contribution is 5.57. The summed E-state index contributed by atoms with van der Waals surface area (Å²) in [4.78, 5) is 11.7. The van der Waals surface area contributed by atoms with Crippen LogP contribution in [0.4, 0.5) is 11.5 Å². The van der Waals surface area contributed by atoms with E-state index >= 15 is 0 Å². The summed E-state index contributed by atoms with van der Waals surface area (Å²) >= 11 is 0. The van der Waals surface area contributed by atoms with E-state index in [4.69, 9.17) is 4.98 Å². The van der Waals surface area contributed by atoms with E-state index in [1.54, 1.807) is 6.20 Å². The van der Waals surface area contributed by atoms with Crippen LogP contribution < -0.4 is 5.32 Å². The molecular formula is C23H30N6. The quantitative estimate of drug-likeness (QED) is 0.675. The van der Waals surface area contributed by atoms with Crippen LogP contribution in [-0.2, 0) is 13.1 Å². The Balaban J connectivity index is 1.40. The molecule has 6 heteroatoms. The van der Waals surface area contributed by atoms with Gasteiger partial charge in [0.15, 0.2) is 0 Å². The van der Waals surface area contributed by atoms with Gasteiger partial charge in [-0.25, -0.2) is 4.98 Å². The minimum absolute atomic E-state index is 0.482. The molecule has 1 atom stereocenters. The number of aryl methyl sites for hydroxylation is 3. The van der Waals surface area contributed by atoms with E-state index in [1.165, 1.54) is 24.1 Å². The molecule has 4 heterocycles. The first-order valence-electron chi connectivity index (χ1n) is 10.5. The number of anilines is 2. The molecule has 1 aliphatic heterocycles. The highest BCUT2D eigenvalue weighted by atomic mass is 15.3. The van der Waals surface area contributed by atoms with Crippen molar-refractivity contribution in [1.82, 2.24) is 24.6 Å². The van der Waals surface area contributed by atoms with Crippen molar-refractivity contribution in [2.75, 3.05) is 18.4 Å². The lowest BCUT2D eigenvalue weighted by atomic mass is 9.94. The van der Waals surface area contributed by atoms with Crippen LogP contribution in [0.5, 0.6) is 0 Å². The maximum Gasteiger partial charge on any atom is 0.133 e. The molecule has 0 spiro atoms. The number of nitrogens with one attached hydrogen (secondary N) is 1. The molecular weight excluding hydrogens is 360 g/mol. The number of nitrogens with zero attached hydrogens (tertiary/aromatic N) is 5. The normalized spacial score (nSPS) is 17.4. The van der Waals surface area contributed by atoms with E-state index in [-0.39, 0.29) is 0 Å². The summed E-state index contributed by atoms with van der Waals surface area (Å²) in [6, 6.07) is 8.28. The third-order valence-electron chi connectivity index (χ3n) is 5.75. The fourth-order valence-corrected chi connectivity index (χ4v) is 4.03. The number of hydrogen-bond donors (Lipinski definition) is 1. The lowest BCUT2D eigenvalue weighted by Crippen LogP contribution is -2.34. The molecule has 1 saturated heterocycles. The lowest BCUT2D eigenvalue weighted by Gasteiger charge is -2.32. The van der Waals surface area contributed by atoms with Crippen molar-refractivity contribution in [3.8, 4) is 0 Å². The maximum atomic E-state index is 4.77. The van der Waals surface area contributed by atoms with Gasteiger partial charge in [-0.2, -0.15) is 5.10 Å². The second kappa shape index (κ2) is 8.74. The van der Waals surface area contributed by atoms with Gasteiger partial charge in [0, 0.05) is 49.2 Å². The van der Waals surface area contributed by atoms with Crippen LogP contribution in [0.25, 0.3) is 0 Å². The van der Waals surface area contributed by atoms with Gasteiger partial charge in [0.05, 0.1) is 17.6 Å². The summed E-state index contributed by atoms with van der Waals surface area (Å²) in [5.41, 5.74) is 5.77. The number of pyridine rings is 2. The number of hydrogen-bond acceptors (Lipinski definition) is 5. The molecule has 1 N–H and O–H groups in total. The molecule has 1 aliphatic rings. The van der Waals surface area contributed by atoms with Crippen molar-refractivity contribution in [1.29, 1.82) is 0 Å². The van der Waals surface area contributed by atoms with Crippen molar-refractivity contribution in [2.45, 2.75) is 52.6 Å². The zero-order valence-electron chi connectivity index (χ0n) is 17.6. The van der Waals surface area contributed by atoms with Crippen molar-refractivity contribution in [3.05, 3.63) is 65.4 Å². The first kappa shape index (κ1) is 19.6. The van der Waals surface area contributed by atoms with E-state index < -0.39 is 0 Å². The summed E-state index contributed by atoms with van der Waals surface area (Å²) in [6.45, 7) is 10.4. The molecule has 0 amide bonds. The van der Waals surface area contributed by atoms with Crippen molar-refractivity contribution in [3.63, 3.8) is 0 Å². The fraction of sp³-hybridized carbons (Fsp3) is 0.435. The molecule has 0 unspecified atom stereocenters. The zero-order valence-corrected chi connectivity index (χ0v) is 17.6. The maximum absolute atomic E-state index is 4.77. The van der Waals surface area contributed by atoms with Crippen molar-refractivity contribution >= 4 is 11.5 Å². The first-order valence-corrected chi connectivity index (χ1v) is 10.5. The summed E-state index contributed by atoms with van der Waals surface area (Å²) in [5.74, 6) is 1.37. The predicted octanol–water partition coefficient (Wildman–Crippen LogP) is 4.43. The van der Waals surface area contributed by atoms with Crippen LogP contribution in [0.3, 0.4) is 0 Å². The Labute approximate surface area is 173 Å². The lowest BCUT2D eigenvalue weighted by molar-refractivity contribution is 0.198. The van der Waals surface area contributed by atoms with Crippen molar-refractivity contribution in [2.24, 2.45) is 0 Å². The third kappa shape index (κ3) is 4.65. The van der Waals surface area contributed by atoms with Gasteiger partial charge in [0.25, 0.3) is 0 Å². The Bertz CT molecular complexity index is 946. The Morgan fingerprint density at radius 3 is 2.79 bits per heavy atom. The van der Waals surface area contributed by atoms with Gasteiger partial charge in [-0.1, -0.05) is 6.07 Å². The largest absolute Gasteiger partial charge is 0.339 e. The average Bonchev–Trinajstić information content (AvgIpc) is 3.10.